The minimum atomic E-state index is -1.08. The number of carboxylic acids is 1. The second-order valence-electron chi connectivity index (χ2n) is 3.00. The van der Waals surface area contributed by atoms with Gasteiger partial charge in [0, 0.05) is 18.2 Å². The Morgan fingerprint density at radius 3 is 3.00 bits per heavy atom. The first-order valence-corrected chi connectivity index (χ1v) is 5.47. The lowest BCUT2D eigenvalue weighted by Gasteiger charge is -2.27. The number of nitrogens with one attached hydrogen (secondary N) is 2. The van der Waals surface area contributed by atoms with Crippen LogP contribution in [0.2, 0.25) is 0 Å². The molecule has 0 aromatic carbocycles. The molecule has 2 N–H and O–H groups in total. The fourth-order valence-corrected chi connectivity index (χ4v) is 2.20. The SMILES string of the molecule is CCC(SC1NCCC(=O)N1)C(=O)[O-]. The van der Waals surface area contributed by atoms with E-state index >= 15 is 0 Å². The van der Waals surface area contributed by atoms with E-state index in [2.05, 4.69) is 10.6 Å². The molecular formula is C8H13N2O3S-. The van der Waals surface area contributed by atoms with Crippen molar-refractivity contribution in [1.29, 1.82) is 0 Å². The molecule has 2 unspecified atom stereocenters. The average Bonchev–Trinajstić information content (AvgIpc) is 2.14. The summed E-state index contributed by atoms with van der Waals surface area (Å²) in [6.07, 6.45) is 0.931. The maximum absolute atomic E-state index is 11.0. The van der Waals surface area contributed by atoms with Gasteiger partial charge in [0.05, 0.1) is 5.97 Å². The van der Waals surface area contributed by atoms with Crippen LogP contribution in [0.5, 0.6) is 0 Å². The van der Waals surface area contributed by atoms with E-state index in [1.165, 1.54) is 11.8 Å². The van der Waals surface area contributed by atoms with Gasteiger partial charge in [-0.2, -0.15) is 0 Å². The van der Waals surface area contributed by atoms with Crippen LogP contribution in [0.1, 0.15) is 19.8 Å². The zero-order chi connectivity index (χ0) is 10.6. The molecule has 0 aromatic heterocycles. The Morgan fingerprint density at radius 2 is 2.50 bits per heavy atom. The van der Waals surface area contributed by atoms with E-state index in [0.717, 1.165) is 0 Å². The molecular weight excluding hydrogens is 204 g/mol. The molecule has 2 atom stereocenters. The summed E-state index contributed by atoms with van der Waals surface area (Å²) in [6, 6.07) is 0. The summed E-state index contributed by atoms with van der Waals surface area (Å²) in [5.74, 6) is -1.13. The van der Waals surface area contributed by atoms with Crippen LogP contribution in [-0.4, -0.2) is 29.2 Å². The van der Waals surface area contributed by atoms with Gasteiger partial charge in [-0.3, -0.25) is 10.1 Å². The lowest BCUT2D eigenvalue weighted by atomic mass is 10.3. The van der Waals surface area contributed by atoms with Crippen molar-refractivity contribution in [3.8, 4) is 0 Å². The summed E-state index contributed by atoms with van der Waals surface area (Å²) in [6.45, 7) is 2.37. The summed E-state index contributed by atoms with van der Waals surface area (Å²) in [5, 5.41) is 15.7. The highest BCUT2D eigenvalue weighted by Gasteiger charge is 2.21. The van der Waals surface area contributed by atoms with Crippen molar-refractivity contribution in [2.75, 3.05) is 6.54 Å². The summed E-state index contributed by atoms with van der Waals surface area (Å²) in [4.78, 5) is 21.6. The first-order valence-electron chi connectivity index (χ1n) is 4.52. The number of carboxylic acid groups (broad SMARTS) is 1. The van der Waals surface area contributed by atoms with Crippen molar-refractivity contribution in [2.45, 2.75) is 30.5 Å². The molecule has 1 fully saturated rings. The van der Waals surface area contributed by atoms with Crippen LogP contribution < -0.4 is 15.7 Å². The Morgan fingerprint density at radius 1 is 1.79 bits per heavy atom. The third-order valence-electron chi connectivity index (χ3n) is 1.91. The molecule has 6 heteroatoms. The van der Waals surface area contributed by atoms with E-state index in [0.29, 0.717) is 19.4 Å². The Balaban J connectivity index is 2.41. The average molecular weight is 217 g/mol. The summed E-state index contributed by atoms with van der Waals surface area (Å²) in [5.41, 5.74) is -0.306. The van der Waals surface area contributed by atoms with Crippen molar-refractivity contribution >= 4 is 23.6 Å². The molecule has 0 aromatic rings. The number of hydrogen-bond acceptors (Lipinski definition) is 5. The van der Waals surface area contributed by atoms with Gasteiger partial charge in [-0.25, -0.2) is 0 Å². The van der Waals surface area contributed by atoms with Crippen LogP contribution in [0.3, 0.4) is 0 Å². The molecule has 0 spiro atoms. The standard InChI is InChI=1S/C8H14N2O3S/c1-2-5(7(12)13)14-8-9-4-3-6(11)10-8/h5,8-9H,2-4H2,1H3,(H,10,11)(H,12,13)/p-1. The van der Waals surface area contributed by atoms with Crippen molar-refractivity contribution < 1.29 is 14.7 Å². The molecule has 5 nitrogen and oxygen atoms in total. The molecule has 1 aliphatic rings. The van der Waals surface area contributed by atoms with E-state index in [1.807, 2.05) is 0 Å². The Bertz CT molecular complexity index is 235. The Labute approximate surface area is 86.6 Å². The summed E-state index contributed by atoms with van der Waals surface area (Å²) in [7, 11) is 0. The zero-order valence-electron chi connectivity index (χ0n) is 7.91. The van der Waals surface area contributed by atoms with Gasteiger partial charge < -0.3 is 15.2 Å². The maximum atomic E-state index is 11.0. The van der Waals surface area contributed by atoms with Crippen LogP contribution in [-0.2, 0) is 9.59 Å². The van der Waals surface area contributed by atoms with Gasteiger partial charge >= 0.3 is 0 Å². The van der Waals surface area contributed by atoms with Crippen LogP contribution in [0.4, 0.5) is 0 Å². The molecule has 1 rings (SSSR count). The van der Waals surface area contributed by atoms with Gasteiger partial charge in [-0.1, -0.05) is 6.92 Å². The van der Waals surface area contributed by atoms with E-state index in [-0.39, 0.29) is 11.4 Å². The third kappa shape index (κ3) is 3.19. The van der Waals surface area contributed by atoms with E-state index in [9.17, 15) is 14.7 Å². The van der Waals surface area contributed by atoms with Gasteiger partial charge in [0.1, 0.15) is 5.50 Å². The van der Waals surface area contributed by atoms with Crippen LogP contribution >= 0.6 is 11.8 Å². The lowest BCUT2D eigenvalue weighted by molar-refractivity contribution is -0.304. The predicted octanol–water partition coefficient (Wildman–Crippen LogP) is -1.36. The second kappa shape index (κ2) is 5.21. The molecule has 14 heavy (non-hydrogen) atoms. The van der Waals surface area contributed by atoms with Crippen LogP contribution in [0, 0.1) is 0 Å². The lowest BCUT2D eigenvalue weighted by Crippen LogP contribution is -2.51. The monoisotopic (exact) mass is 217 g/mol. The quantitative estimate of drug-likeness (QED) is 0.608. The molecule has 0 radical (unpaired) electrons. The Kier molecular flexibility index (Phi) is 4.21. The first kappa shape index (κ1) is 11.3. The number of rotatable bonds is 4. The highest BCUT2D eigenvalue weighted by atomic mass is 32.2. The van der Waals surface area contributed by atoms with Crippen molar-refractivity contribution in [3.05, 3.63) is 0 Å². The molecule has 1 aliphatic heterocycles. The van der Waals surface area contributed by atoms with E-state index < -0.39 is 11.2 Å². The van der Waals surface area contributed by atoms with Gasteiger partial charge in [-0.15, -0.1) is 11.8 Å². The number of hydrogen-bond donors (Lipinski definition) is 2. The summed E-state index contributed by atoms with van der Waals surface area (Å²) < 4.78 is 0. The number of amides is 1. The molecule has 0 saturated carbocycles. The van der Waals surface area contributed by atoms with Crippen LogP contribution in [0.15, 0.2) is 0 Å². The fourth-order valence-electron chi connectivity index (χ4n) is 1.15. The van der Waals surface area contributed by atoms with Gasteiger partial charge in [-0.05, 0) is 6.42 Å². The zero-order valence-corrected chi connectivity index (χ0v) is 8.73. The highest BCUT2D eigenvalue weighted by Crippen LogP contribution is 2.18. The number of thioether (sulfide) groups is 1. The summed E-state index contributed by atoms with van der Waals surface area (Å²) >= 11 is 1.17. The van der Waals surface area contributed by atoms with E-state index in [1.54, 1.807) is 6.92 Å². The molecule has 1 heterocycles. The van der Waals surface area contributed by atoms with Gasteiger partial charge in [0.2, 0.25) is 5.91 Å². The molecule has 0 bridgehead atoms. The normalized spacial score (nSPS) is 24.1. The smallest absolute Gasteiger partial charge is 0.223 e. The van der Waals surface area contributed by atoms with Crippen LogP contribution in [0.25, 0.3) is 0 Å². The molecule has 80 valence electrons. The number of carbonyl (C=O) groups is 2. The van der Waals surface area contributed by atoms with E-state index in [4.69, 9.17) is 0 Å². The molecule has 1 saturated heterocycles. The first-order chi connectivity index (χ1) is 6.63. The second-order valence-corrected chi connectivity index (χ2v) is 4.32. The Hall–Kier alpha value is -0.750. The van der Waals surface area contributed by atoms with Crippen molar-refractivity contribution in [2.24, 2.45) is 0 Å². The predicted molar refractivity (Wildman–Crippen MR) is 51.2 cm³/mol. The number of carbonyl (C=O) groups excluding carboxylic acids is 2. The van der Waals surface area contributed by atoms with Gasteiger partial charge in [0.25, 0.3) is 0 Å². The largest absolute Gasteiger partial charge is 0.549 e. The highest BCUT2D eigenvalue weighted by molar-refractivity contribution is 8.01. The fraction of sp³-hybridized carbons (Fsp3) is 0.750. The van der Waals surface area contributed by atoms with Gasteiger partial charge in [0.15, 0.2) is 0 Å². The minimum absolute atomic E-state index is 0.0468. The molecule has 0 aliphatic carbocycles. The third-order valence-corrected chi connectivity index (χ3v) is 3.32. The van der Waals surface area contributed by atoms with Crippen molar-refractivity contribution in [3.63, 3.8) is 0 Å². The van der Waals surface area contributed by atoms with Crippen molar-refractivity contribution in [1.82, 2.24) is 10.6 Å². The maximum Gasteiger partial charge on any atom is 0.223 e. The molecule has 1 amide bonds. The topological polar surface area (TPSA) is 81.3 Å². The minimum Gasteiger partial charge on any atom is -0.549 e. The number of aliphatic carboxylic acids is 1.